The molecule has 0 spiro atoms. The third-order valence-electron chi connectivity index (χ3n) is 6.42. The molecule has 0 unspecified atom stereocenters. The molecule has 1 fully saturated rings. The van der Waals surface area contributed by atoms with E-state index in [1.807, 2.05) is 12.1 Å². The van der Waals surface area contributed by atoms with Gasteiger partial charge in [0.2, 0.25) is 5.78 Å². The van der Waals surface area contributed by atoms with Crippen molar-refractivity contribution >= 4 is 11.9 Å². The maximum atomic E-state index is 14.5. The molecule has 0 amide bonds. The van der Waals surface area contributed by atoms with Crippen molar-refractivity contribution in [2.75, 3.05) is 0 Å². The second kappa shape index (κ2) is 7.81. The van der Waals surface area contributed by atoms with Gasteiger partial charge in [0.25, 0.3) is 0 Å². The quantitative estimate of drug-likeness (QED) is 0.530. The maximum absolute atomic E-state index is 14.5. The number of rotatable bonds is 4. The zero-order chi connectivity index (χ0) is 20.6. The molecule has 0 atom stereocenters. The molecular formula is C25H25F3O. The number of carbonyl (C=O) groups excluding carboxylic acids is 1. The van der Waals surface area contributed by atoms with E-state index in [4.69, 9.17) is 0 Å². The van der Waals surface area contributed by atoms with Crippen molar-refractivity contribution in [3.63, 3.8) is 0 Å². The van der Waals surface area contributed by atoms with Crippen LogP contribution in [0.5, 0.6) is 0 Å². The first-order valence-corrected chi connectivity index (χ1v) is 10.4. The average Bonchev–Trinajstić information content (AvgIpc) is 2.71. The van der Waals surface area contributed by atoms with E-state index in [2.05, 4.69) is 19.1 Å². The van der Waals surface area contributed by atoms with Crippen molar-refractivity contribution in [1.29, 1.82) is 0 Å². The molecule has 0 aliphatic heterocycles. The Labute approximate surface area is 169 Å². The van der Waals surface area contributed by atoms with Crippen LogP contribution in [-0.4, -0.2) is 5.78 Å². The molecule has 0 saturated heterocycles. The highest BCUT2D eigenvalue weighted by Gasteiger charge is 2.45. The van der Waals surface area contributed by atoms with Crippen LogP contribution >= 0.6 is 0 Å². The highest BCUT2D eigenvalue weighted by Crippen LogP contribution is 2.41. The fraction of sp³-hybridized carbons (Fsp3) is 0.400. The normalized spacial score (nSPS) is 23.1. The van der Waals surface area contributed by atoms with Crippen LogP contribution in [0.15, 0.2) is 42.5 Å². The summed E-state index contributed by atoms with van der Waals surface area (Å²) in [5.41, 5.74) is 1.84. The molecule has 0 bridgehead atoms. The van der Waals surface area contributed by atoms with E-state index in [9.17, 15) is 18.0 Å². The van der Waals surface area contributed by atoms with E-state index in [0.29, 0.717) is 11.5 Å². The van der Waals surface area contributed by atoms with Crippen molar-refractivity contribution in [3.05, 3.63) is 65.0 Å². The van der Waals surface area contributed by atoms with E-state index in [1.165, 1.54) is 56.2 Å². The first-order chi connectivity index (χ1) is 13.9. The Hall–Kier alpha value is -2.36. The molecule has 0 N–H and O–H groups in total. The zero-order valence-corrected chi connectivity index (χ0v) is 16.6. The van der Waals surface area contributed by atoms with E-state index in [-0.39, 0.29) is 5.56 Å². The summed E-state index contributed by atoms with van der Waals surface area (Å²) in [6.45, 7) is 2.24. The molecule has 2 aliphatic carbocycles. The van der Waals surface area contributed by atoms with Crippen LogP contribution in [0.25, 0.3) is 17.2 Å². The van der Waals surface area contributed by atoms with Crippen LogP contribution < -0.4 is 0 Å². The Morgan fingerprint density at radius 3 is 2.31 bits per heavy atom. The zero-order valence-electron chi connectivity index (χ0n) is 16.6. The maximum Gasteiger partial charge on any atom is 0.337 e. The van der Waals surface area contributed by atoms with E-state index >= 15 is 0 Å². The van der Waals surface area contributed by atoms with Gasteiger partial charge >= 0.3 is 5.92 Å². The van der Waals surface area contributed by atoms with Crippen molar-refractivity contribution in [1.82, 2.24) is 0 Å². The Balaban J connectivity index is 1.56. The first kappa shape index (κ1) is 19.9. The number of benzene rings is 2. The summed E-state index contributed by atoms with van der Waals surface area (Å²) in [5.74, 6) is -4.82. The molecule has 0 heterocycles. The second-order valence-corrected chi connectivity index (χ2v) is 8.32. The lowest BCUT2D eigenvalue weighted by Crippen LogP contribution is -2.29. The monoisotopic (exact) mass is 398 g/mol. The topological polar surface area (TPSA) is 17.1 Å². The Morgan fingerprint density at radius 2 is 1.66 bits per heavy atom. The van der Waals surface area contributed by atoms with Gasteiger partial charge in [-0.1, -0.05) is 50.1 Å². The summed E-state index contributed by atoms with van der Waals surface area (Å²) in [5, 5.41) is 0. The van der Waals surface area contributed by atoms with Gasteiger partial charge in [-0.25, -0.2) is 4.39 Å². The molecule has 1 nitrogen and oxygen atoms in total. The van der Waals surface area contributed by atoms with Crippen molar-refractivity contribution < 1.29 is 18.0 Å². The van der Waals surface area contributed by atoms with Crippen LogP contribution in [0.1, 0.15) is 68.1 Å². The molecule has 4 rings (SSSR count). The summed E-state index contributed by atoms with van der Waals surface area (Å²) in [6, 6.07) is 10.6. The minimum atomic E-state index is -3.81. The number of fused-ring (bicyclic) bond motifs is 1. The van der Waals surface area contributed by atoms with Gasteiger partial charge in [-0.05, 0) is 78.0 Å². The van der Waals surface area contributed by atoms with Crippen molar-refractivity contribution in [2.45, 2.75) is 57.3 Å². The molecule has 2 aliphatic rings. The largest absolute Gasteiger partial charge is 0.337 e. The molecule has 152 valence electrons. The molecule has 4 heteroatoms. The van der Waals surface area contributed by atoms with Crippen molar-refractivity contribution in [3.8, 4) is 11.1 Å². The van der Waals surface area contributed by atoms with E-state index in [1.54, 1.807) is 0 Å². The third-order valence-corrected chi connectivity index (χ3v) is 6.42. The number of hydrogen-bond donors (Lipinski definition) is 0. The number of allylic oxidation sites excluding steroid dienone is 1. The van der Waals surface area contributed by atoms with Gasteiger partial charge in [-0.3, -0.25) is 4.79 Å². The average molecular weight is 398 g/mol. The van der Waals surface area contributed by atoms with E-state index in [0.717, 1.165) is 23.6 Å². The van der Waals surface area contributed by atoms with Crippen LogP contribution in [0.4, 0.5) is 13.2 Å². The smallest absolute Gasteiger partial charge is 0.288 e. The molecule has 0 aromatic heterocycles. The number of carbonyl (C=O) groups is 1. The Kier molecular flexibility index (Phi) is 5.37. The number of alkyl halides is 2. The predicted molar refractivity (Wildman–Crippen MR) is 109 cm³/mol. The number of hydrogen-bond acceptors (Lipinski definition) is 1. The molecule has 29 heavy (non-hydrogen) atoms. The van der Waals surface area contributed by atoms with Gasteiger partial charge in [0, 0.05) is 0 Å². The van der Waals surface area contributed by atoms with E-state index < -0.39 is 23.1 Å². The van der Waals surface area contributed by atoms with Crippen LogP contribution in [0.3, 0.4) is 0 Å². The molecular weight excluding hydrogens is 373 g/mol. The summed E-state index contributed by atoms with van der Waals surface area (Å²) >= 11 is 0. The Morgan fingerprint density at radius 1 is 0.966 bits per heavy atom. The second-order valence-electron chi connectivity index (χ2n) is 8.32. The lowest BCUT2D eigenvalue weighted by atomic mass is 9.77. The molecule has 2 aromatic carbocycles. The van der Waals surface area contributed by atoms with Crippen molar-refractivity contribution in [2.24, 2.45) is 5.92 Å². The minimum absolute atomic E-state index is 0.0583. The minimum Gasteiger partial charge on any atom is -0.288 e. The number of halogens is 3. The van der Waals surface area contributed by atoms with Gasteiger partial charge in [0.1, 0.15) is 5.82 Å². The molecule has 1 saturated carbocycles. The highest BCUT2D eigenvalue weighted by atomic mass is 19.3. The number of ketones is 1. The van der Waals surface area contributed by atoms with Gasteiger partial charge in [0.15, 0.2) is 0 Å². The standard InChI is InChI=1S/C25H25F3O/c1-2-3-16-4-6-17(7-5-16)18-8-10-19(11-9-18)21-14-20-12-13-23(29)25(27,28)24(20)22(26)15-21/h8-17H,2-7H2,1H3. The first-order valence-electron chi connectivity index (χ1n) is 10.4. The van der Waals surface area contributed by atoms with Crippen LogP contribution in [0.2, 0.25) is 0 Å². The summed E-state index contributed by atoms with van der Waals surface area (Å²) in [7, 11) is 0. The lowest BCUT2D eigenvalue weighted by Gasteiger charge is -2.28. The third kappa shape index (κ3) is 3.77. The highest BCUT2D eigenvalue weighted by molar-refractivity contribution is 6.03. The molecule has 0 radical (unpaired) electrons. The van der Waals surface area contributed by atoms with Gasteiger partial charge in [0.05, 0.1) is 5.56 Å². The Bertz CT molecular complexity index is 935. The summed E-state index contributed by atoms with van der Waals surface area (Å²) in [4.78, 5) is 11.4. The lowest BCUT2D eigenvalue weighted by molar-refractivity contribution is -0.139. The predicted octanol–water partition coefficient (Wildman–Crippen LogP) is 7.25. The van der Waals surface area contributed by atoms with Crippen LogP contribution in [0, 0.1) is 11.7 Å². The van der Waals surface area contributed by atoms with Gasteiger partial charge in [-0.2, -0.15) is 8.78 Å². The fourth-order valence-corrected chi connectivity index (χ4v) is 4.79. The van der Waals surface area contributed by atoms with Gasteiger partial charge < -0.3 is 0 Å². The fourth-order valence-electron chi connectivity index (χ4n) is 4.79. The SMILES string of the molecule is CCCC1CCC(c2ccc(-c3cc(F)c4c(c3)C=CC(=O)C4(F)F)cc2)CC1. The summed E-state index contributed by atoms with van der Waals surface area (Å²) < 4.78 is 42.6. The summed E-state index contributed by atoms with van der Waals surface area (Å²) in [6.07, 6.45) is 9.60. The molecule has 2 aromatic rings. The van der Waals surface area contributed by atoms with Gasteiger partial charge in [-0.15, -0.1) is 0 Å². The van der Waals surface area contributed by atoms with Crippen LogP contribution in [-0.2, 0) is 10.7 Å².